The second-order valence-corrected chi connectivity index (χ2v) is 16.8. The summed E-state index contributed by atoms with van der Waals surface area (Å²) in [4.78, 5) is 12.1. The first-order valence-corrected chi connectivity index (χ1v) is 23.1. The minimum atomic E-state index is -3.83. The standard InChI is InChI=1S/C41H81O6P/c1-4-7-10-13-16-19-22-25-28-31-34-37-40(38-35-32-29-26-23-20-17-14-11-8-5-2)41(44-47-48(42,45-41)46-43-40)39-36-33-30-27-24-21-18-15-12-9-6-3/h4-39H2,1-3H3. The van der Waals surface area contributed by atoms with Gasteiger partial charge in [0.05, 0.1) is 0 Å². The maximum Gasteiger partial charge on any atom is 0.532 e. The minimum absolute atomic E-state index is 0.632. The number of fused-ring (bicyclic) bond motifs is 2. The van der Waals surface area contributed by atoms with Crippen molar-refractivity contribution in [3.05, 3.63) is 0 Å². The summed E-state index contributed by atoms with van der Waals surface area (Å²) in [7, 11) is -3.83. The SMILES string of the molecule is CCCCCCCCCCCCCC1(CCCCCCCCCCCCC)OOP2(=O)OOC1(CCCCCCCCCCCCC)O2. The van der Waals surface area contributed by atoms with Gasteiger partial charge in [-0.2, -0.15) is 4.89 Å². The summed E-state index contributed by atoms with van der Waals surface area (Å²) in [5.74, 6) is -1.14. The number of hydrogen-bond acceptors (Lipinski definition) is 6. The summed E-state index contributed by atoms with van der Waals surface area (Å²) in [6.07, 6.45) is 44.8. The molecule has 2 aliphatic rings. The lowest BCUT2D eigenvalue weighted by Crippen LogP contribution is -2.58. The first-order valence-electron chi connectivity index (χ1n) is 21.6. The van der Waals surface area contributed by atoms with Gasteiger partial charge in [0, 0.05) is 6.42 Å². The van der Waals surface area contributed by atoms with Crippen molar-refractivity contribution in [2.75, 3.05) is 0 Å². The summed E-state index contributed by atoms with van der Waals surface area (Å²) in [6, 6.07) is 0. The lowest BCUT2D eigenvalue weighted by atomic mass is 9.79. The molecule has 0 aliphatic carbocycles. The quantitative estimate of drug-likeness (QED) is 0.0368. The van der Waals surface area contributed by atoms with Crippen LogP contribution in [0.4, 0.5) is 0 Å². The third kappa shape index (κ3) is 18.5. The summed E-state index contributed by atoms with van der Waals surface area (Å²) in [5, 5.41) is 0. The average Bonchev–Trinajstić information content (AvgIpc) is 3.39. The van der Waals surface area contributed by atoms with Crippen molar-refractivity contribution < 1.29 is 28.2 Å². The molecular formula is C41H81O6P. The van der Waals surface area contributed by atoms with E-state index in [0.29, 0.717) is 6.42 Å². The number of rotatable bonds is 36. The normalized spacial score (nSPS) is 21.7. The topological polar surface area (TPSA) is 63.2 Å². The van der Waals surface area contributed by atoms with Crippen LogP contribution in [-0.2, 0) is 28.2 Å². The maximum atomic E-state index is 13.0. The van der Waals surface area contributed by atoms with E-state index in [1.807, 2.05) is 0 Å². The van der Waals surface area contributed by atoms with Gasteiger partial charge in [-0.05, 0) is 19.3 Å². The van der Waals surface area contributed by atoms with Crippen LogP contribution in [0.15, 0.2) is 0 Å². The summed E-state index contributed by atoms with van der Waals surface area (Å²) in [5.41, 5.74) is -0.783. The number of hydrogen-bond donors (Lipinski definition) is 0. The van der Waals surface area contributed by atoms with Gasteiger partial charge >= 0.3 is 7.82 Å². The molecule has 2 rings (SSSR count). The highest BCUT2D eigenvalue weighted by Crippen LogP contribution is 2.69. The monoisotopic (exact) mass is 701 g/mol. The minimum Gasteiger partial charge on any atom is -0.244 e. The summed E-state index contributed by atoms with van der Waals surface area (Å²) < 4.78 is 29.8. The van der Waals surface area contributed by atoms with Crippen molar-refractivity contribution in [1.82, 2.24) is 0 Å². The molecule has 0 saturated carbocycles. The molecule has 0 aromatic heterocycles. The zero-order valence-corrected chi connectivity index (χ0v) is 33.2. The molecule has 0 aromatic rings. The van der Waals surface area contributed by atoms with Crippen LogP contribution in [0.1, 0.15) is 252 Å². The molecule has 2 saturated heterocycles. The van der Waals surface area contributed by atoms with Crippen LogP contribution in [0.5, 0.6) is 0 Å². The van der Waals surface area contributed by atoms with Gasteiger partial charge in [0.15, 0.2) is 5.60 Å². The van der Waals surface area contributed by atoms with Crippen molar-refractivity contribution >= 4 is 7.82 Å². The van der Waals surface area contributed by atoms with Crippen molar-refractivity contribution in [1.29, 1.82) is 0 Å². The van der Waals surface area contributed by atoms with Crippen LogP contribution in [0.2, 0.25) is 0 Å². The summed E-state index contributed by atoms with van der Waals surface area (Å²) >= 11 is 0. The van der Waals surface area contributed by atoms with E-state index in [2.05, 4.69) is 20.8 Å². The highest BCUT2D eigenvalue weighted by Gasteiger charge is 2.69. The second kappa shape index (κ2) is 28.6. The summed E-state index contributed by atoms with van der Waals surface area (Å²) in [6.45, 7) is 6.84. The van der Waals surface area contributed by atoms with Crippen molar-refractivity contribution in [2.45, 2.75) is 263 Å². The van der Waals surface area contributed by atoms with Gasteiger partial charge < -0.3 is 0 Å². The molecule has 0 amide bonds. The molecule has 6 nitrogen and oxygen atoms in total. The predicted octanol–water partition coefficient (Wildman–Crippen LogP) is 15.6. The van der Waals surface area contributed by atoms with Crippen molar-refractivity contribution in [2.24, 2.45) is 0 Å². The molecule has 286 valence electrons. The smallest absolute Gasteiger partial charge is 0.244 e. The Morgan fingerprint density at radius 1 is 0.354 bits per heavy atom. The van der Waals surface area contributed by atoms with Gasteiger partial charge in [-0.25, -0.2) is 14.0 Å². The third-order valence-corrected chi connectivity index (χ3v) is 12.0. The van der Waals surface area contributed by atoms with E-state index in [-0.39, 0.29) is 0 Å². The van der Waals surface area contributed by atoms with E-state index >= 15 is 0 Å². The van der Waals surface area contributed by atoms with E-state index in [1.165, 1.54) is 173 Å². The van der Waals surface area contributed by atoms with Gasteiger partial charge in [-0.1, -0.05) is 226 Å². The third-order valence-electron chi connectivity index (χ3n) is 11.0. The average molecular weight is 701 g/mol. The fourth-order valence-corrected chi connectivity index (χ4v) is 8.94. The molecule has 7 heteroatoms. The first kappa shape index (κ1) is 44.2. The molecule has 48 heavy (non-hydrogen) atoms. The van der Waals surface area contributed by atoms with Gasteiger partial charge in [0.25, 0.3) is 0 Å². The lowest BCUT2D eigenvalue weighted by Gasteiger charge is -2.45. The Morgan fingerprint density at radius 2 is 0.625 bits per heavy atom. The van der Waals surface area contributed by atoms with E-state index in [4.69, 9.17) is 23.6 Å². The lowest BCUT2D eigenvalue weighted by molar-refractivity contribution is -0.425. The first-order chi connectivity index (χ1) is 23.6. The molecule has 0 spiro atoms. The molecular weight excluding hydrogens is 619 g/mol. The largest absolute Gasteiger partial charge is 0.532 e. The molecule has 0 aromatic carbocycles. The Bertz CT molecular complexity index is 752. The number of phosphoric acid groups is 1. The van der Waals surface area contributed by atoms with E-state index < -0.39 is 19.2 Å². The second-order valence-electron chi connectivity index (χ2n) is 15.5. The molecule has 2 bridgehead atoms. The van der Waals surface area contributed by atoms with Crippen molar-refractivity contribution in [3.8, 4) is 0 Å². The molecule has 2 heterocycles. The van der Waals surface area contributed by atoms with E-state index in [0.717, 1.165) is 51.4 Å². The Labute approximate surface area is 298 Å². The molecule has 2 unspecified atom stereocenters. The van der Waals surface area contributed by atoms with Crippen LogP contribution in [-0.4, -0.2) is 11.4 Å². The molecule has 0 radical (unpaired) electrons. The van der Waals surface area contributed by atoms with Crippen LogP contribution in [0.3, 0.4) is 0 Å². The zero-order chi connectivity index (χ0) is 34.5. The zero-order valence-electron chi connectivity index (χ0n) is 32.4. The van der Waals surface area contributed by atoms with Crippen LogP contribution in [0, 0.1) is 0 Å². The molecule has 2 fully saturated rings. The Hall–Kier alpha value is 0.0300. The van der Waals surface area contributed by atoms with E-state index in [1.54, 1.807) is 0 Å². The van der Waals surface area contributed by atoms with Crippen LogP contribution < -0.4 is 0 Å². The fraction of sp³-hybridized carbons (Fsp3) is 1.00. The van der Waals surface area contributed by atoms with Gasteiger partial charge in [0.1, 0.15) is 0 Å². The molecule has 0 N–H and O–H groups in total. The fourth-order valence-electron chi connectivity index (χ4n) is 7.76. The Balaban J connectivity index is 1.82. The number of unbranched alkanes of at least 4 members (excludes halogenated alkanes) is 30. The molecule has 2 aliphatic heterocycles. The van der Waals surface area contributed by atoms with E-state index in [9.17, 15) is 4.57 Å². The predicted molar refractivity (Wildman–Crippen MR) is 202 cm³/mol. The Kier molecular flexibility index (Phi) is 26.3. The highest BCUT2D eigenvalue weighted by molar-refractivity contribution is 7.48. The van der Waals surface area contributed by atoms with Gasteiger partial charge in [-0.15, -0.1) is 9.35 Å². The molecule has 2 atom stereocenters. The van der Waals surface area contributed by atoms with Crippen molar-refractivity contribution in [3.63, 3.8) is 0 Å². The van der Waals surface area contributed by atoms with Crippen LogP contribution in [0.25, 0.3) is 0 Å². The Morgan fingerprint density at radius 3 is 0.958 bits per heavy atom. The maximum absolute atomic E-state index is 13.0. The van der Waals surface area contributed by atoms with Crippen LogP contribution >= 0.6 is 7.82 Å². The van der Waals surface area contributed by atoms with Gasteiger partial charge in [0.2, 0.25) is 5.79 Å². The van der Waals surface area contributed by atoms with Gasteiger partial charge in [-0.3, -0.25) is 0 Å². The highest BCUT2D eigenvalue weighted by atomic mass is 31.2.